The summed E-state index contributed by atoms with van der Waals surface area (Å²) in [4.78, 5) is 21.9. The molecule has 0 N–H and O–H groups in total. The first-order valence-electron chi connectivity index (χ1n) is 8.33. The molecule has 2 aromatic rings. The van der Waals surface area contributed by atoms with Gasteiger partial charge in [0.2, 0.25) is 0 Å². The van der Waals surface area contributed by atoms with E-state index in [4.69, 9.17) is 4.74 Å². The first-order chi connectivity index (χ1) is 12.4. The number of hydrogen-bond donors (Lipinski definition) is 0. The standard InChI is InChI=1S/C19H22F3N3O2/c1-12-6-7-16(24-13(12)2)25(17(26)27-18(3,4)5)11-14-10-23-9-8-15(14)19(20,21)22/h6-10H,11H2,1-5H3. The fraction of sp³-hybridized carbons (Fsp3) is 0.421. The van der Waals surface area contributed by atoms with Crippen LogP contribution in [0, 0.1) is 13.8 Å². The van der Waals surface area contributed by atoms with E-state index in [1.54, 1.807) is 39.8 Å². The van der Waals surface area contributed by atoms with Gasteiger partial charge in [-0.15, -0.1) is 0 Å². The van der Waals surface area contributed by atoms with Gasteiger partial charge in [0.1, 0.15) is 11.4 Å². The predicted octanol–water partition coefficient (Wildman–Crippen LogP) is 5.05. The molecule has 0 bridgehead atoms. The molecule has 0 radical (unpaired) electrons. The predicted molar refractivity (Wildman–Crippen MR) is 95.4 cm³/mol. The van der Waals surface area contributed by atoms with Crippen molar-refractivity contribution in [1.29, 1.82) is 0 Å². The molecule has 2 heterocycles. The molecule has 5 nitrogen and oxygen atoms in total. The van der Waals surface area contributed by atoms with Crippen LogP contribution in [0.4, 0.5) is 23.8 Å². The molecule has 0 saturated heterocycles. The number of aryl methyl sites for hydroxylation is 2. The number of hydrogen-bond acceptors (Lipinski definition) is 4. The van der Waals surface area contributed by atoms with Gasteiger partial charge < -0.3 is 4.74 Å². The summed E-state index contributed by atoms with van der Waals surface area (Å²) >= 11 is 0. The first kappa shape index (κ1) is 20.7. The number of aromatic nitrogens is 2. The molecule has 8 heteroatoms. The molecule has 0 aromatic carbocycles. The number of halogens is 3. The molecule has 27 heavy (non-hydrogen) atoms. The van der Waals surface area contributed by atoms with Crippen LogP contribution in [0.2, 0.25) is 0 Å². The van der Waals surface area contributed by atoms with Crippen molar-refractivity contribution < 1.29 is 22.7 Å². The number of alkyl halides is 3. The maximum absolute atomic E-state index is 13.3. The average Bonchev–Trinajstić information content (AvgIpc) is 2.53. The van der Waals surface area contributed by atoms with Crippen molar-refractivity contribution in [3.05, 3.63) is 53.0 Å². The number of ether oxygens (including phenoxy) is 1. The fourth-order valence-electron chi connectivity index (χ4n) is 2.32. The lowest BCUT2D eigenvalue weighted by Crippen LogP contribution is -2.37. The van der Waals surface area contributed by atoms with E-state index in [0.717, 1.165) is 28.9 Å². The molecule has 0 aliphatic carbocycles. The zero-order valence-corrected chi connectivity index (χ0v) is 15.9. The molecule has 0 spiro atoms. The molecule has 0 saturated carbocycles. The van der Waals surface area contributed by atoms with E-state index in [2.05, 4.69) is 9.97 Å². The number of nitrogens with zero attached hydrogens (tertiary/aromatic N) is 3. The molecule has 1 amide bonds. The molecular formula is C19H22F3N3O2. The van der Waals surface area contributed by atoms with Gasteiger partial charge in [-0.3, -0.25) is 9.88 Å². The monoisotopic (exact) mass is 381 g/mol. The highest BCUT2D eigenvalue weighted by atomic mass is 19.4. The number of carbonyl (C=O) groups excluding carboxylic acids is 1. The third-order valence-corrected chi connectivity index (χ3v) is 3.76. The molecule has 0 unspecified atom stereocenters. The number of rotatable bonds is 3. The molecule has 2 aromatic heterocycles. The van der Waals surface area contributed by atoms with Crippen LogP contribution in [0.1, 0.15) is 43.2 Å². The minimum absolute atomic E-state index is 0.143. The number of carbonyl (C=O) groups is 1. The maximum atomic E-state index is 13.3. The number of amides is 1. The van der Waals surface area contributed by atoms with Crippen LogP contribution in [0.3, 0.4) is 0 Å². The lowest BCUT2D eigenvalue weighted by molar-refractivity contribution is -0.138. The van der Waals surface area contributed by atoms with E-state index >= 15 is 0 Å². The zero-order valence-electron chi connectivity index (χ0n) is 15.9. The highest BCUT2D eigenvalue weighted by molar-refractivity contribution is 5.86. The van der Waals surface area contributed by atoms with Crippen LogP contribution in [0.15, 0.2) is 30.6 Å². The summed E-state index contributed by atoms with van der Waals surface area (Å²) in [6.45, 7) is 8.30. The van der Waals surface area contributed by atoms with Crippen molar-refractivity contribution in [1.82, 2.24) is 9.97 Å². The van der Waals surface area contributed by atoms with Crippen molar-refractivity contribution in [3.63, 3.8) is 0 Å². The zero-order chi connectivity index (χ0) is 20.4. The van der Waals surface area contributed by atoms with Gasteiger partial charge in [-0.2, -0.15) is 13.2 Å². The second-order valence-electron chi connectivity index (χ2n) is 7.17. The Hall–Kier alpha value is -2.64. The summed E-state index contributed by atoms with van der Waals surface area (Å²) in [6, 6.07) is 4.22. The van der Waals surface area contributed by atoms with Crippen molar-refractivity contribution in [3.8, 4) is 0 Å². The summed E-state index contributed by atoms with van der Waals surface area (Å²) in [5, 5.41) is 0. The topological polar surface area (TPSA) is 55.3 Å². The minimum Gasteiger partial charge on any atom is -0.443 e. The quantitative estimate of drug-likeness (QED) is 0.746. The van der Waals surface area contributed by atoms with Crippen molar-refractivity contribution in [2.24, 2.45) is 0 Å². The van der Waals surface area contributed by atoms with Gasteiger partial charge in [0.25, 0.3) is 0 Å². The lowest BCUT2D eigenvalue weighted by atomic mass is 10.1. The largest absolute Gasteiger partial charge is 0.443 e. The Morgan fingerprint density at radius 3 is 2.37 bits per heavy atom. The molecule has 146 valence electrons. The van der Waals surface area contributed by atoms with Gasteiger partial charge in [0.05, 0.1) is 12.1 Å². The Morgan fingerprint density at radius 1 is 1.15 bits per heavy atom. The van der Waals surface area contributed by atoms with Gasteiger partial charge in [-0.25, -0.2) is 9.78 Å². The summed E-state index contributed by atoms with van der Waals surface area (Å²) < 4.78 is 45.3. The fourth-order valence-corrected chi connectivity index (χ4v) is 2.32. The Labute approximate surface area is 156 Å². The Bertz CT molecular complexity index is 830. The molecule has 0 aliphatic rings. The van der Waals surface area contributed by atoms with Gasteiger partial charge in [0.15, 0.2) is 0 Å². The second kappa shape index (κ2) is 7.54. The van der Waals surface area contributed by atoms with E-state index in [1.165, 1.54) is 0 Å². The van der Waals surface area contributed by atoms with E-state index < -0.39 is 23.4 Å². The minimum atomic E-state index is -4.56. The van der Waals surface area contributed by atoms with E-state index in [1.807, 2.05) is 6.92 Å². The van der Waals surface area contributed by atoms with E-state index in [9.17, 15) is 18.0 Å². The third-order valence-electron chi connectivity index (χ3n) is 3.76. The van der Waals surface area contributed by atoms with E-state index in [0.29, 0.717) is 5.69 Å². The van der Waals surface area contributed by atoms with Crippen molar-refractivity contribution in [2.75, 3.05) is 4.90 Å². The summed E-state index contributed by atoms with van der Waals surface area (Å²) in [5.41, 5.74) is -0.231. The van der Waals surface area contributed by atoms with Gasteiger partial charge in [-0.05, 0) is 52.3 Å². The maximum Gasteiger partial charge on any atom is 0.416 e. The first-order valence-corrected chi connectivity index (χ1v) is 8.33. The SMILES string of the molecule is Cc1ccc(N(Cc2cnccc2C(F)(F)F)C(=O)OC(C)(C)C)nc1C. The lowest BCUT2D eigenvalue weighted by Gasteiger charge is -2.27. The Kier molecular flexibility index (Phi) is 5.77. The van der Waals surface area contributed by atoms with Crippen molar-refractivity contribution in [2.45, 2.75) is 52.9 Å². The second-order valence-corrected chi connectivity index (χ2v) is 7.17. The van der Waals surface area contributed by atoms with Crippen LogP contribution in [0.5, 0.6) is 0 Å². The number of pyridine rings is 2. The van der Waals surface area contributed by atoms with Gasteiger partial charge in [-0.1, -0.05) is 6.07 Å². The normalized spacial score (nSPS) is 12.0. The smallest absolute Gasteiger partial charge is 0.416 e. The molecule has 0 aliphatic heterocycles. The van der Waals surface area contributed by atoms with Crippen LogP contribution < -0.4 is 4.90 Å². The molecule has 0 atom stereocenters. The van der Waals surface area contributed by atoms with Crippen LogP contribution >= 0.6 is 0 Å². The van der Waals surface area contributed by atoms with Gasteiger partial charge in [0, 0.05) is 23.7 Å². The summed E-state index contributed by atoms with van der Waals surface area (Å²) in [7, 11) is 0. The Morgan fingerprint density at radius 2 is 1.81 bits per heavy atom. The Balaban J connectivity index is 2.48. The van der Waals surface area contributed by atoms with Gasteiger partial charge >= 0.3 is 12.3 Å². The molecule has 2 rings (SSSR count). The third kappa shape index (κ3) is 5.42. The number of anilines is 1. The highest BCUT2D eigenvalue weighted by Gasteiger charge is 2.35. The van der Waals surface area contributed by atoms with Crippen molar-refractivity contribution >= 4 is 11.9 Å². The van der Waals surface area contributed by atoms with E-state index in [-0.39, 0.29) is 17.9 Å². The van der Waals surface area contributed by atoms with Crippen LogP contribution in [-0.2, 0) is 17.5 Å². The average molecular weight is 381 g/mol. The summed E-state index contributed by atoms with van der Waals surface area (Å²) in [5.74, 6) is 0.212. The molecule has 0 fully saturated rings. The summed E-state index contributed by atoms with van der Waals surface area (Å²) in [6.07, 6.45) is -3.18. The van der Waals surface area contributed by atoms with Crippen LogP contribution in [-0.4, -0.2) is 21.7 Å². The van der Waals surface area contributed by atoms with Crippen LogP contribution in [0.25, 0.3) is 0 Å². The molecular weight excluding hydrogens is 359 g/mol. The highest BCUT2D eigenvalue weighted by Crippen LogP contribution is 2.32.